The number of halogens is 1. The van der Waals surface area contributed by atoms with E-state index in [-0.39, 0.29) is 5.97 Å². The molecule has 1 unspecified atom stereocenters. The first-order chi connectivity index (χ1) is 11.5. The lowest BCUT2D eigenvalue weighted by atomic mass is 10.1. The summed E-state index contributed by atoms with van der Waals surface area (Å²) >= 11 is 5.88. The van der Waals surface area contributed by atoms with Crippen molar-refractivity contribution in [2.45, 2.75) is 13.0 Å². The van der Waals surface area contributed by atoms with Crippen molar-refractivity contribution >= 4 is 23.3 Å². The number of carbonyl (C=O) groups is 1. The summed E-state index contributed by atoms with van der Waals surface area (Å²) in [6, 6.07) is 12.7. The van der Waals surface area contributed by atoms with Crippen LogP contribution in [0.5, 0.6) is 11.5 Å². The molecule has 1 N–H and O–H groups in total. The fraction of sp³-hybridized carbons (Fsp3) is 0.278. The Balaban J connectivity index is 2.18. The van der Waals surface area contributed by atoms with E-state index in [1.165, 1.54) is 6.92 Å². The third kappa shape index (κ3) is 4.80. The minimum Gasteiger partial charge on any atom is -0.493 e. The van der Waals surface area contributed by atoms with Crippen molar-refractivity contribution in [2.24, 2.45) is 0 Å². The molecule has 2 aromatic carbocycles. The number of methoxy groups -OCH3 is 2. The molecule has 128 valence electrons. The predicted molar refractivity (Wildman–Crippen MR) is 94.0 cm³/mol. The van der Waals surface area contributed by atoms with Crippen LogP contribution >= 0.6 is 11.6 Å². The van der Waals surface area contributed by atoms with Gasteiger partial charge in [0.05, 0.1) is 20.8 Å². The summed E-state index contributed by atoms with van der Waals surface area (Å²) in [4.78, 5) is 11.4. The van der Waals surface area contributed by atoms with Gasteiger partial charge in [0, 0.05) is 17.6 Å². The van der Waals surface area contributed by atoms with E-state index in [1.807, 2.05) is 18.2 Å². The smallest absolute Gasteiger partial charge is 0.303 e. The summed E-state index contributed by atoms with van der Waals surface area (Å²) in [7, 11) is 3.14. The number of anilines is 1. The number of hydrogen-bond donors (Lipinski definition) is 1. The molecule has 0 amide bonds. The van der Waals surface area contributed by atoms with Gasteiger partial charge in [-0.1, -0.05) is 17.7 Å². The molecule has 2 aromatic rings. The van der Waals surface area contributed by atoms with E-state index < -0.39 is 6.10 Å². The number of carbonyl (C=O) groups excluding carboxylic acids is 1. The maximum Gasteiger partial charge on any atom is 0.303 e. The van der Waals surface area contributed by atoms with Gasteiger partial charge in [-0.25, -0.2) is 0 Å². The molecular weight excluding hydrogens is 330 g/mol. The summed E-state index contributed by atoms with van der Waals surface area (Å²) in [5, 5.41) is 3.90. The Morgan fingerprint density at radius 3 is 2.33 bits per heavy atom. The Hall–Kier alpha value is -2.40. The quantitative estimate of drug-likeness (QED) is 0.763. The van der Waals surface area contributed by atoms with Crippen LogP contribution in [0.1, 0.15) is 18.6 Å². The van der Waals surface area contributed by atoms with Gasteiger partial charge in [-0.3, -0.25) is 4.79 Å². The number of ether oxygens (including phenoxy) is 3. The highest BCUT2D eigenvalue weighted by Gasteiger charge is 2.17. The molecule has 5 nitrogen and oxygen atoms in total. The minimum atomic E-state index is -0.460. The molecule has 0 bridgehead atoms. The summed E-state index contributed by atoms with van der Waals surface area (Å²) in [5.41, 5.74) is 1.70. The number of benzene rings is 2. The standard InChI is InChI=1S/C18H20ClNO4/c1-12(21)24-18(11-20-15-7-5-14(19)6-8-15)13-4-9-16(22-2)17(10-13)23-3/h4-10,18,20H,11H2,1-3H3. The van der Waals surface area contributed by atoms with Crippen molar-refractivity contribution in [1.29, 1.82) is 0 Å². The van der Waals surface area contributed by atoms with E-state index in [9.17, 15) is 4.79 Å². The zero-order valence-corrected chi connectivity index (χ0v) is 14.6. The monoisotopic (exact) mass is 349 g/mol. The van der Waals surface area contributed by atoms with Crippen LogP contribution in [0.3, 0.4) is 0 Å². The lowest BCUT2D eigenvalue weighted by Crippen LogP contribution is -2.18. The Bertz CT molecular complexity index is 688. The first kappa shape index (κ1) is 17.9. The molecule has 0 spiro atoms. The third-order valence-electron chi connectivity index (χ3n) is 3.42. The molecule has 0 saturated carbocycles. The Labute approximate surface area is 146 Å². The van der Waals surface area contributed by atoms with E-state index >= 15 is 0 Å². The highest BCUT2D eigenvalue weighted by molar-refractivity contribution is 6.30. The first-order valence-corrected chi connectivity index (χ1v) is 7.80. The van der Waals surface area contributed by atoms with Crippen LogP contribution < -0.4 is 14.8 Å². The summed E-state index contributed by atoms with van der Waals surface area (Å²) in [6.45, 7) is 1.80. The van der Waals surface area contributed by atoms with Crippen LogP contribution in [0.15, 0.2) is 42.5 Å². The molecule has 0 fully saturated rings. The van der Waals surface area contributed by atoms with Gasteiger partial charge < -0.3 is 19.5 Å². The molecule has 0 saturated heterocycles. The summed E-state index contributed by atoms with van der Waals surface area (Å²) in [5.74, 6) is 0.847. The fourth-order valence-corrected chi connectivity index (χ4v) is 2.39. The summed E-state index contributed by atoms with van der Waals surface area (Å²) < 4.78 is 16.0. The summed E-state index contributed by atoms with van der Waals surface area (Å²) in [6.07, 6.45) is -0.460. The second kappa shape index (κ2) is 8.45. The van der Waals surface area contributed by atoms with E-state index in [2.05, 4.69) is 5.32 Å². The van der Waals surface area contributed by atoms with Crippen molar-refractivity contribution in [3.8, 4) is 11.5 Å². The molecule has 6 heteroatoms. The number of nitrogens with one attached hydrogen (secondary N) is 1. The van der Waals surface area contributed by atoms with E-state index in [0.717, 1.165) is 11.3 Å². The van der Waals surface area contributed by atoms with Crippen molar-refractivity contribution in [3.63, 3.8) is 0 Å². The van der Waals surface area contributed by atoms with Gasteiger partial charge in [0.25, 0.3) is 0 Å². The maximum atomic E-state index is 11.4. The van der Waals surface area contributed by atoms with Crippen molar-refractivity contribution < 1.29 is 19.0 Å². The van der Waals surface area contributed by atoms with Gasteiger partial charge >= 0.3 is 5.97 Å². The van der Waals surface area contributed by atoms with Crippen molar-refractivity contribution in [3.05, 3.63) is 53.1 Å². The average Bonchev–Trinajstić information content (AvgIpc) is 2.59. The highest BCUT2D eigenvalue weighted by atomic mass is 35.5. The predicted octanol–water partition coefficient (Wildman–Crippen LogP) is 4.07. The van der Waals surface area contributed by atoms with Crippen LogP contribution in [-0.4, -0.2) is 26.7 Å². The first-order valence-electron chi connectivity index (χ1n) is 7.42. The lowest BCUT2D eigenvalue weighted by molar-refractivity contribution is -0.146. The molecule has 0 heterocycles. The molecule has 24 heavy (non-hydrogen) atoms. The Kier molecular flexibility index (Phi) is 6.32. The van der Waals surface area contributed by atoms with Crippen molar-refractivity contribution in [2.75, 3.05) is 26.1 Å². The second-order valence-electron chi connectivity index (χ2n) is 5.10. The van der Waals surface area contributed by atoms with E-state index in [0.29, 0.717) is 23.1 Å². The second-order valence-corrected chi connectivity index (χ2v) is 5.54. The minimum absolute atomic E-state index is 0.354. The zero-order chi connectivity index (χ0) is 17.5. The molecular formula is C18H20ClNO4. The van der Waals surface area contributed by atoms with Crippen LogP contribution in [0.4, 0.5) is 5.69 Å². The zero-order valence-electron chi connectivity index (χ0n) is 13.8. The molecule has 0 aromatic heterocycles. The van der Waals surface area contributed by atoms with Crippen LogP contribution in [0, 0.1) is 0 Å². The van der Waals surface area contributed by atoms with E-state index in [1.54, 1.807) is 38.5 Å². The van der Waals surface area contributed by atoms with Gasteiger partial charge in [-0.15, -0.1) is 0 Å². The van der Waals surface area contributed by atoms with Crippen molar-refractivity contribution in [1.82, 2.24) is 0 Å². The van der Waals surface area contributed by atoms with E-state index in [4.69, 9.17) is 25.8 Å². The van der Waals surface area contributed by atoms with Crippen LogP contribution in [0.2, 0.25) is 5.02 Å². The number of rotatable bonds is 7. The van der Waals surface area contributed by atoms with Gasteiger partial charge in [0.1, 0.15) is 6.10 Å². The number of hydrogen-bond acceptors (Lipinski definition) is 5. The highest BCUT2D eigenvalue weighted by Crippen LogP contribution is 2.31. The normalized spacial score (nSPS) is 11.5. The Morgan fingerprint density at radius 2 is 1.75 bits per heavy atom. The topological polar surface area (TPSA) is 56.8 Å². The molecule has 1 atom stereocenters. The lowest BCUT2D eigenvalue weighted by Gasteiger charge is -2.20. The average molecular weight is 350 g/mol. The molecule has 0 aliphatic rings. The SMILES string of the molecule is COc1ccc(C(CNc2ccc(Cl)cc2)OC(C)=O)cc1OC. The molecule has 0 aliphatic heterocycles. The van der Waals surface area contributed by atoms with Gasteiger partial charge in [-0.05, 0) is 42.0 Å². The third-order valence-corrected chi connectivity index (χ3v) is 3.68. The maximum absolute atomic E-state index is 11.4. The molecule has 2 rings (SSSR count). The van der Waals surface area contributed by atoms with Gasteiger partial charge in [0.15, 0.2) is 11.5 Å². The van der Waals surface area contributed by atoms with Gasteiger partial charge in [-0.2, -0.15) is 0 Å². The van der Waals surface area contributed by atoms with Crippen LogP contribution in [0.25, 0.3) is 0 Å². The fourth-order valence-electron chi connectivity index (χ4n) is 2.26. The van der Waals surface area contributed by atoms with Crippen LogP contribution in [-0.2, 0) is 9.53 Å². The molecule has 0 aliphatic carbocycles. The number of esters is 1. The largest absolute Gasteiger partial charge is 0.493 e. The van der Waals surface area contributed by atoms with Gasteiger partial charge in [0.2, 0.25) is 0 Å². The molecule has 0 radical (unpaired) electrons. The Morgan fingerprint density at radius 1 is 1.08 bits per heavy atom.